The average molecular weight is 298 g/mol. The second-order valence-corrected chi connectivity index (χ2v) is 5.15. The fourth-order valence-corrected chi connectivity index (χ4v) is 2.18. The number of rotatable bonds is 2. The van der Waals surface area contributed by atoms with Crippen molar-refractivity contribution in [3.63, 3.8) is 0 Å². The number of hydrogen-bond acceptors (Lipinski definition) is 3. The molecule has 0 radical (unpaired) electrons. The number of nitrogens with one attached hydrogen (secondary N) is 1. The van der Waals surface area contributed by atoms with E-state index in [1.54, 1.807) is 11.0 Å². The quantitative estimate of drug-likeness (QED) is 0.873. The number of amides is 2. The number of anilines is 1. The van der Waals surface area contributed by atoms with Crippen LogP contribution in [0, 0.1) is 0 Å². The number of piperazine rings is 1. The summed E-state index contributed by atoms with van der Waals surface area (Å²) in [4.78, 5) is 27.0. The average Bonchev–Trinajstić information content (AvgIpc) is 2.41. The van der Waals surface area contributed by atoms with Gasteiger partial charge in [-0.3, -0.25) is 0 Å². The summed E-state index contributed by atoms with van der Waals surface area (Å²) in [5.74, 6) is -1.12. The molecule has 2 amide bonds. The smallest absolute Gasteiger partial charge is 0.337 e. The molecule has 2 rings (SSSR count). The molecule has 1 heterocycles. The van der Waals surface area contributed by atoms with E-state index in [0.717, 1.165) is 13.1 Å². The van der Waals surface area contributed by atoms with Crippen molar-refractivity contribution in [2.45, 2.75) is 0 Å². The standard InChI is InChI=1S/C13H16ClN3O3/c1-16-4-6-17(7-5-16)13(20)15-11-3-2-9(14)8-10(11)12(18)19/h2-3,8H,4-7H2,1H3,(H,15,20)(H,18,19). The summed E-state index contributed by atoms with van der Waals surface area (Å²) in [7, 11) is 2.00. The highest BCUT2D eigenvalue weighted by molar-refractivity contribution is 6.31. The SMILES string of the molecule is CN1CCN(C(=O)Nc2ccc(Cl)cc2C(=O)O)CC1. The molecular formula is C13H16ClN3O3. The summed E-state index contributed by atoms with van der Waals surface area (Å²) in [6, 6.07) is 4.08. The molecule has 1 aliphatic heterocycles. The van der Waals surface area contributed by atoms with Gasteiger partial charge in [-0.2, -0.15) is 0 Å². The minimum Gasteiger partial charge on any atom is -0.478 e. The molecule has 108 valence electrons. The van der Waals surface area contributed by atoms with E-state index in [-0.39, 0.29) is 17.3 Å². The molecule has 2 N–H and O–H groups in total. The highest BCUT2D eigenvalue weighted by atomic mass is 35.5. The van der Waals surface area contributed by atoms with Crippen molar-refractivity contribution in [1.29, 1.82) is 0 Å². The van der Waals surface area contributed by atoms with Crippen molar-refractivity contribution in [2.75, 3.05) is 38.5 Å². The van der Waals surface area contributed by atoms with Crippen LogP contribution in [0.1, 0.15) is 10.4 Å². The molecule has 0 unspecified atom stereocenters. The van der Waals surface area contributed by atoms with E-state index in [1.807, 2.05) is 7.05 Å². The number of carboxylic acid groups (broad SMARTS) is 1. The summed E-state index contributed by atoms with van der Waals surface area (Å²) < 4.78 is 0. The van der Waals surface area contributed by atoms with Gasteiger partial charge in [0, 0.05) is 31.2 Å². The first-order valence-electron chi connectivity index (χ1n) is 6.24. The van der Waals surface area contributed by atoms with Gasteiger partial charge in [-0.05, 0) is 25.2 Å². The number of urea groups is 1. The van der Waals surface area contributed by atoms with Crippen LogP contribution >= 0.6 is 11.6 Å². The Kier molecular flexibility index (Phi) is 4.46. The third kappa shape index (κ3) is 3.40. The van der Waals surface area contributed by atoms with Crippen LogP contribution in [-0.2, 0) is 0 Å². The molecule has 0 aromatic heterocycles. The molecule has 6 nitrogen and oxygen atoms in total. The molecule has 0 spiro atoms. The van der Waals surface area contributed by atoms with Crippen LogP contribution in [-0.4, -0.2) is 60.1 Å². The van der Waals surface area contributed by atoms with Crippen LogP contribution in [0.25, 0.3) is 0 Å². The topological polar surface area (TPSA) is 72.9 Å². The molecule has 7 heteroatoms. The Morgan fingerprint density at radius 3 is 2.50 bits per heavy atom. The number of carboxylic acids is 1. The molecule has 1 saturated heterocycles. The molecule has 1 fully saturated rings. The lowest BCUT2D eigenvalue weighted by Gasteiger charge is -2.32. The van der Waals surface area contributed by atoms with Gasteiger partial charge in [0.15, 0.2) is 0 Å². The minimum atomic E-state index is -1.12. The Morgan fingerprint density at radius 2 is 1.90 bits per heavy atom. The van der Waals surface area contributed by atoms with Crippen molar-refractivity contribution in [3.8, 4) is 0 Å². The van der Waals surface area contributed by atoms with Gasteiger partial charge in [-0.25, -0.2) is 9.59 Å². The van der Waals surface area contributed by atoms with E-state index in [1.165, 1.54) is 12.1 Å². The first kappa shape index (κ1) is 14.6. The second-order valence-electron chi connectivity index (χ2n) is 4.72. The maximum Gasteiger partial charge on any atom is 0.337 e. The third-order valence-corrected chi connectivity index (χ3v) is 3.48. The van der Waals surface area contributed by atoms with Crippen LogP contribution in [0.3, 0.4) is 0 Å². The van der Waals surface area contributed by atoms with Crippen molar-refractivity contribution in [2.24, 2.45) is 0 Å². The lowest BCUT2D eigenvalue weighted by molar-refractivity contribution is 0.0698. The van der Waals surface area contributed by atoms with E-state index < -0.39 is 5.97 Å². The largest absolute Gasteiger partial charge is 0.478 e. The van der Waals surface area contributed by atoms with Crippen molar-refractivity contribution < 1.29 is 14.7 Å². The van der Waals surface area contributed by atoms with Crippen molar-refractivity contribution >= 4 is 29.3 Å². The number of benzene rings is 1. The predicted molar refractivity (Wildman–Crippen MR) is 76.5 cm³/mol. The lowest BCUT2D eigenvalue weighted by atomic mass is 10.2. The van der Waals surface area contributed by atoms with Gasteiger partial charge in [-0.15, -0.1) is 0 Å². The van der Waals surface area contributed by atoms with Crippen LogP contribution in [0.5, 0.6) is 0 Å². The Hall–Kier alpha value is -1.79. The van der Waals surface area contributed by atoms with Gasteiger partial charge in [0.2, 0.25) is 0 Å². The van der Waals surface area contributed by atoms with E-state index in [2.05, 4.69) is 10.2 Å². The number of aromatic carboxylic acids is 1. The summed E-state index contributed by atoms with van der Waals surface area (Å²) in [6.45, 7) is 2.86. The normalized spacial score (nSPS) is 16.0. The van der Waals surface area contributed by atoms with Crippen molar-refractivity contribution in [3.05, 3.63) is 28.8 Å². The van der Waals surface area contributed by atoms with Crippen molar-refractivity contribution in [1.82, 2.24) is 9.80 Å². The van der Waals surface area contributed by atoms with E-state index >= 15 is 0 Å². The summed E-state index contributed by atoms with van der Waals surface area (Å²) >= 11 is 5.77. The first-order chi connectivity index (χ1) is 9.47. The van der Waals surface area contributed by atoms with Crippen LogP contribution in [0.15, 0.2) is 18.2 Å². The van der Waals surface area contributed by atoms with Crippen LogP contribution in [0.4, 0.5) is 10.5 Å². The van der Waals surface area contributed by atoms with E-state index in [0.29, 0.717) is 18.1 Å². The Morgan fingerprint density at radius 1 is 1.25 bits per heavy atom. The maximum absolute atomic E-state index is 12.1. The van der Waals surface area contributed by atoms with Crippen LogP contribution in [0.2, 0.25) is 5.02 Å². The van der Waals surface area contributed by atoms with E-state index in [4.69, 9.17) is 16.7 Å². The van der Waals surface area contributed by atoms with Gasteiger partial charge < -0.3 is 20.2 Å². The summed E-state index contributed by atoms with van der Waals surface area (Å²) in [5.41, 5.74) is 0.241. The first-order valence-corrected chi connectivity index (χ1v) is 6.62. The molecule has 1 aromatic rings. The molecule has 1 aliphatic rings. The Bertz CT molecular complexity index is 528. The third-order valence-electron chi connectivity index (χ3n) is 3.24. The van der Waals surface area contributed by atoms with Gasteiger partial charge in [0.25, 0.3) is 0 Å². The second kappa shape index (κ2) is 6.11. The maximum atomic E-state index is 12.1. The fourth-order valence-electron chi connectivity index (χ4n) is 2.01. The monoisotopic (exact) mass is 297 g/mol. The van der Waals surface area contributed by atoms with Crippen LogP contribution < -0.4 is 5.32 Å². The Labute approximate surface area is 121 Å². The molecule has 0 aliphatic carbocycles. The highest BCUT2D eigenvalue weighted by Gasteiger charge is 2.20. The van der Waals surface area contributed by atoms with Gasteiger partial charge in [0.1, 0.15) is 0 Å². The zero-order valence-corrected chi connectivity index (χ0v) is 11.9. The molecule has 20 heavy (non-hydrogen) atoms. The number of halogens is 1. The number of hydrogen-bond donors (Lipinski definition) is 2. The highest BCUT2D eigenvalue weighted by Crippen LogP contribution is 2.21. The number of carbonyl (C=O) groups is 2. The molecule has 1 aromatic carbocycles. The number of nitrogens with zero attached hydrogens (tertiary/aromatic N) is 2. The molecule has 0 saturated carbocycles. The Balaban J connectivity index is 2.10. The van der Waals surface area contributed by atoms with Gasteiger partial charge >= 0.3 is 12.0 Å². The molecular weight excluding hydrogens is 282 g/mol. The molecule has 0 bridgehead atoms. The fraction of sp³-hybridized carbons (Fsp3) is 0.385. The summed E-state index contributed by atoms with van der Waals surface area (Å²) in [6.07, 6.45) is 0. The molecule has 0 atom stereocenters. The zero-order valence-electron chi connectivity index (χ0n) is 11.1. The predicted octanol–water partition coefficient (Wildman–Crippen LogP) is 1.82. The lowest BCUT2D eigenvalue weighted by Crippen LogP contribution is -2.48. The zero-order chi connectivity index (χ0) is 14.7. The van der Waals surface area contributed by atoms with Gasteiger partial charge in [-0.1, -0.05) is 11.6 Å². The van der Waals surface area contributed by atoms with Gasteiger partial charge in [0.05, 0.1) is 11.3 Å². The number of carbonyl (C=O) groups excluding carboxylic acids is 1. The number of likely N-dealkylation sites (N-methyl/N-ethyl adjacent to an activating group) is 1. The minimum absolute atomic E-state index is 0.0139. The summed E-state index contributed by atoms with van der Waals surface area (Å²) in [5, 5.41) is 12.1. The van der Waals surface area contributed by atoms with E-state index in [9.17, 15) is 9.59 Å².